The number of amidine groups is 1. The van der Waals surface area contributed by atoms with E-state index < -0.39 is 24.3 Å². The van der Waals surface area contributed by atoms with E-state index in [0.717, 1.165) is 10.9 Å². The van der Waals surface area contributed by atoms with E-state index in [1.165, 1.54) is 4.90 Å². The summed E-state index contributed by atoms with van der Waals surface area (Å²) in [5, 5.41) is 30.4. The molecule has 3 aromatic rings. The van der Waals surface area contributed by atoms with Crippen molar-refractivity contribution in [1.82, 2.24) is 4.98 Å². The number of rotatable bonds is 8. The first-order valence-electron chi connectivity index (χ1n) is 9.31. The first kappa shape index (κ1) is 21.0. The molecule has 2 aromatic carbocycles. The number of carbonyl (C=O) groups excluding carboxylic acids is 2. The molecule has 1 aromatic heterocycles. The minimum absolute atomic E-state index is 0.0336. The van der Waals surface area contributed by atoms with Gasteiger partial charge in [-0.25, -0.2) is 0 Å². The molecular formula is C21H23N5O4. The molecule has 0 bridgehead atoms. The lowest BCUT2D eigenvalue weighted by molar-refractivity contribution is -0.129. The minimum Gasteiger partial charge on any atom is -0.395 e. The van der Waals surface area contributed by atoms with Crippen molar-refractivity contribution in [1.29, 1.82) is 5.41 Å². The van der Waals surface area contributed by atoms with Crippen LogP contribution in [-0.4, -0.2) is 52.1 Å². The molecule has 0 aliphatic heterocycles. The Morgan fingerprint density at radius 3 is 2.57 bits per heavy atom. The predicted octanol–water partition coefficient (Wildman–Crippen LogP) is 1.17. The van der Waals surface area contributed by atoms with E-state index in [-0.39, 0.29) is 19.0 Å². The number of carbonyl (C=O) groups is 2. The number of nitrogen functional groups attached to an aromatic ring is 1. The standard InChI is InChI=1S/C21H23N5O4/c22-20(23)14-1-4-15(5-2-14)25-21(30)18(28)12-19(29)26(9-10-27)16-6-3-13-7-8-24-17(13)11-16/h1-8,11,18,24,27-28H,9-10,12H2,(H3,22,23)(H,25,30). The minimum atomic E-state index is -1.57. The highest BCUT2D eigenvalue weighted by Gasteiger charge is 2.24. The molecule has 0 aliphatic rings. The van der Waals surface area contributed by atoms with Gasteiger partial charge in [0.2, 0.25) is 5.91 Å². The zero-order chi connectivity index (χ0) is 21.7. The second-order valence-corrected chi connectivity index (χ2v) is 6.72. The Balaban J connectivity index is 1.66. The summed E-state index contributed by atoms with van der Waals surface area (Å²) in [4.78, 5) is 29.4. The van der Waals surface area contributed by atoms with Crippen LogP contribution in [0.15, 0.2) is 54.7 Å². The van der Waals surface area contributed by atoms with E-state index in [0.29, 0.717) is 16.9 Å². The van der Waals surface area contributed by atoms with Crippen molar-refractivity contribution in [2.75, 3.05) is 23.4 Å². The molecule has 0 fully saturated rings. The van der Waals surface area contributed by atoms with Crippen molar-refractivity contribution >= 4 is 39.9 Å². The van der Waals surface area contributed by atoms with E-state index in [2.05, 4.69) is 10.3 Å². The number of anilines is 2. The van der Waals surface area contributed by atoms with Crippen LogP contribution in [0.25, 0.3) is 10.9 Å². The fourth-order valence-electron chi connectivity index (χ4n) is 3.03. The van der Waals surface area contributed by atoms with Crippen molar-refractivity contribution in [3.63, 3.8) is 0 Å². The number of aromatic amines is 1. The lowest BCUT2D eigenvalue weighted by atomic mass is 10.1. The van der Waals surface area contributed by atoms with E-state index in [4.69, 9.17) is 11.1 Å². The number of nitrogens with one attached hydrogen (secondary N) is 3. The number of H-pyrrole nitrogens is 1. The Kier molecular flexibility index (Phi) is 6.45. The fourth-order valence-corrected chi connectivity index (χ4v) is 3.03. The largest absolute Gasteiger partial charge is 0.395 e. The van der Waals surface area contributed by atoms with Gasteiger partial charge in [0, 0.05) is 35.2 Å². The number of hydrogen-bond acceptors (Lipinski definition) is 5. The first-order chi connectivity index (χ1) is 14.4. The third-order valence-electron chi connectivity index (χ3n) is 4.61. The van der Waals surface area contributed by atoms with Gasteiger partial charge in [-0.3, -0.25) is 15.0 Å². The van der Waals surface area contributed by atoms with Crippen molar-refractivity contribution < 1.29 is 19.8 Å². The molecule has 7 N–H and O–H groups in total. The van der Waals surface area contributed by atoms with Crippen LogP contribution in [0.5, 0.6) is 0 Å². The molecule has 1 atom stereocenters. The molecule has 9 heteroatoms. The van der Waals surface area contributed by atoms with Crippen LogP contribution in [0, 0.1) is 5.41 Å². The molecule has 0 saturated heterocycles. The SMILES string of the molecule is N=C(N)c1ccc(NC(=O)C(O)CC(=O)N(CCO)c2ccc3cc[nH]c3c2)cc1. The maximum atomic E-state index is 12.7. The average molecular weight is 409 g/mol. The number of amides is 2. The molecular weight excluding hydrogens is 386 g/mol. The van der Waals surface area contributed by atoms with Gasteiger partial charge in [-0.05, 0) is 47.9 Å². The third kappa shape index (κ3) is 4.83. The van der Waals surface area contributed by atoms with Crippen LogP contribution in [0.3, 0.4) is 0 Å². The van der Waals surface area contributed by atoms with Gasteiger partial charge in [0.25, 0.3) is 5.91 Å². The summed E-state index contributed by atoms with van der Waals surface area (Å²) < 4.78 is 0. The topological polar surface area (TPSA) is 156 Å². The molecule has 1 unspecified atom stereocenters. The van der Waals surface area contributed by atoms with Crippen LogP contribution in [-0.2, 0) is 9.59 Å². The van der Waals surface area contributed by atoms with Crippen molar-refractivity contribution in [2.45, 2.75) is 12.5 Å². The molecule has 2 amide bonds. The van der Waals surface area contributed by atoms with Gasteiger partial charge in [0.15, 0.2) is 0 Å². The summed E-state index contributed by atoms with van der Waals surface area (Å²) >= 11 is 0. The number of benzene rings is 2. The molecule has 30 heavy (non-hydrogen) atoms. The number of nitrogens with two attached hydrogens (primary N) is 1. The number of aliphatic hydroxyl groups excluding tert-OH is 2. The number of nitrogens with zero attached hydrogens (tertiary/aromatic N) is 1. The first-order valence-corrected chi connectivity index (χ1v) is 9.31. The van der Waals surface area contributed by atoms with Gasteiger partial charge in [-0.1, -0.05) is 6.07 Å². The zero-order valence-electron chi connectivity index (χ0n) is 16.1. The Hall–Kier alpha value is -3.69. The third-order valence-corrected chi connectivity index (χ3v) is 4.61. The van der Waals surface area contributed by atoms with Crippen LogP contribution < -0.4 is 16.0 Å². The van der Waals surface area contributed by atoms with Gasteiger partial charge >= 0.3 is 0 Å². The lowest BCUT2D eigenvalue weighted by Gasteiger charge is -2.23. The molecule has 0 spiro atoms. The normalized spacial score (nSPS) is 11.8. The van der Waals surface area contributed by atoms with Gasteiger partial charge < -0.3 is 31.1 Å². The molecule has 9 nitrogen and oxygen atoms in total. The molecule has 1 heterocycles. The number of fused-ring (bicyclic) bond motifs is 1. The highest BCUT2D eigenvalue weighted by Crippen LogP contribution is 2.22. The summed E-state index contributed by atoms with van der Waals surface area (Å²) in [6.45, 7) is -0.231. The fraction of sp³-hybridized carbons (Fsp3) is 0.190. The van der Waals surface area contributed by atoms with E-state index in [1.54, 1.807) is 42.6 Å². The van der Waals surface area contributed by atoms with E-state index in [1.807, 2.05) is 12.1 Å². The van der Waals surface area contributed by atoms with Crippen LogP contribution >= 0.6 is 0 Å². The second kappa shape index (κ2) is 9.21. The number of aromatic nitrogens is 1. The van der Waals surface area contributed by atoms with Gasteiger partial charge in [0.1, 0.15) is 11.9 Å². The van der Waals surface area contributed by atoms with Crippen LogP contribution in [0.4, 0.5) is 11.4 Å². The lowest BCUT2D eigenvalue weighted by Crippen LogP contribution is -2.39. The average Bonchev–Trinajstić information content (AvgIpc) is 3.20. The maximum absolute atomic E-state index is 12.7. The smallest absolute Gasteiger partial charge is 0.253 e. The molecule has 3 rings (SSSR count). The van der Waals surface area contributed by atoms with E-state index in [9.17, 15) is 19.8 Å². The summed E-state index contributed by atoms with van der Waals surface area (Å²) in [6, 6.07) is 13.5. The van der Waals surface area contributed by atoms with Gasteiger partial charge in [-0.2, -0.15) is 0 Å². The number of aliphatic hydroxyl groups is 2. The Labute approximate surface area is 172 Å². The zero-order valence-corrected chi connectivity index (χ0v) is 16.1. The number of hydrogen-bond donors (Lipinski definition) is 6. The monoisotopic (exact) mass is 409 g/mol. The Bertz CT molecular complexity index is 1060. The molecule has 0 radical (unpaired) electrons. The highest BCUT2D eigenvalue weighted by molar-refractivity contribution is 6.01. The Morgan fingerprint density at radius 1 is 1.17 bits per heavy atom. The van der Waals surface area contributed by atoms with Crippen molar-refractivity contribution in [3.05, 3.63) is 60.3 Å². The van der Waals surface area contributed by atoms with Gasteiger partial charge in [-0.15, -0.1) is 0 Å². The summed E-state index contributed by atoms with van der Waals surface area (Å²) in [5.41, 5.74) is 7.67. The summed E-state index contributed by atoms with van der Waals surface area (Å²) in [6.07, 6.45) is -0.232. The van der Waals surface area contributed by atoms with E-state index >= 15 is 0 Å². The van der Waals surface area contributed by atoms with Crippen molar-refractivity contribution in [3.8, 4) is 0 Å². The summed E-state index contributed by atoms with van der Waals surface area (Å²) in [7, 11) is 0. The van der Waals surface area contributed by atoms with Crippen molar-refractivity contribution in [2.24, 2.45) is 5.73 Å². The molecule has 0 saturated carbocycles. The quantitative estimate of drug-likeness (QED) is 0.243. The Morgan fingerprint density at radius 2 is 1.90 bits per heavy atom. The predicted molar refractivity (Wildman–Crippen MR) is 114 cm³/mol. The van der Waals surface area contributed by atoms with Gasteiger partial charge in [0.05, 0.1) is 13.0 Å². The molecule has 156 valence electrons. The highest BCUT2D eigenvalue weighted by atomic mass is 16.3. The second-order valence-electron chi connectivity index (χ2n) is 6.72. The van der Waals surface area contributed by atoms with Crippen LogP contribution in [0.2, 0.25) is 0 Å². The summed E-state index contributed by atoms with van der Waals surface area (Å²) in [5.74, 6) is -1.33. The maximum Gasteiger partial charge on any atom is 0.253 e. The molecule has 0 aliphatic carbocycles. The van der Waals surface area contributed by atoms with Crippen LogP contribution in [0.1, 0.15) is 12.0 Å².